The molecule has 0 unspecified atom stereocenters. The number of benzene rings is 2. The molecule has 2 heterocycles. The summed E-state index contributed by atoms with van der Waals surface area (Å²) in [4.78, 5) is 28.0. The lowest BCUT2D eigenvalue weighted by molar-refractivity contribution is 0.0342. The number of carbonyl (C=O) groups excluding carboxylic acids is 1. The van der Waals surface area contributed by atoms with E-state index in [-0.39, 0.29) is 17.7 Å². The van der Waals surface area contributed by atoms with Crippen LogP contribution >= 0.6 is 11.6 Å². The minimum absolute atomic E-state index is 0.109. The smallest absolute Gasteiger partial charge is 0.276 e. The molecule has 2 aromatic carbocycles. The van der Waals surface area contributed by atoms with E-state index < -0.39 is 5.91 Å². The third-order valence-electron chi connectivity index (χ3n) is 5.21. The predicted octanol–water partition coefficient (Wildman–Crippen LogP) is 2.35. The highest BCUT2D eigenvalue weighted by molar-refractivity contribution is 6.30. The first-order valence-electron chi connectivity index (χ1n) is 9.84. The van der Waals surface area contributed by atoms with Gasteiger partial charge in [-0.1, -0.05) is 29.8 Å². The first-order valence-corrected chi connectivity index (χ1v) is 10.2. The van der Waals surface area contributed by atoms with E-state index in [0.29, 0.717) is 15.9 Å². The van der Waals surface area contributed by atoms with Crippen LogP contribution in [0.4, 0.5) is 0 Å². The lowest BCUT2D eigenvalue weighted by atomic mass is 10.1. The van der Waals surface area contributed by atoms with Gasteiger partial charge in [-0.2, -0.15) is 5.10 Å². The van der Waals surface area contributed by atoms with E-state index in [9.17, 15) is 9.59 Å². The van der Waals surface area contributed by atoms with E-state index >= 15 is 0 Å². The van der Waals surface area contributed by atoms with Gasteiger partial charge in [-0.3, -0.25) is 19.2 Å². The molecule has 0 bridgehead atoms. The Hall–Kier alpha value is -2.74. The molecule has 0 saturated carbocycles. The number of hydrogen-bond donors (Lipinski definition) is 1. The molecule has 30 heavy (non-hydrogen) atoms. The summed E-state index contributed by atoms with van der Waals surface area (Å²) in [5, 5.41) is 8.11. The van der Waals surface area contributed by atoms with Crippen LogP contribution in [0.15, 0.2) is 47.3 Å². The summed E-state index contributed by atoms with van der Waals surface area (Å²) >= 11 is 5.89. The zero-order chi connectivity index (χ0) is 21.1. The maximum absolute atomic E-state index is 13.0. The van der Waals surface area contributed by atoms with Gasteiger partial charge in [-0.25, -0.2) is 0 Å². The highest BCUT2D eigenvalue weighted by Gasteiger charge is 2.18. The Bertz CT molecular complexity index is 1120. The number of ether oxygens (including phenoxy) is 1. The van der Waals surface area contributed by atoms with Crippen molar-refractivity contribution < 1.29 is 9.53 Å². The first kappa shape index (κ1) is 20.5. The van der Waals surface area contributed by atoms with Gasteiger partial charge in [0.05, 0.1) is 24.1 Å². The van der Waals surface area contributed by atoms with Gasteiger partial charge in [0.1, 0.15) is 0 Å². The number of hydrogen-bond acceptors (Lipinski definition) is 5. The van der Waals surface area contributed by atoms with Crippen molar-refractivity contribution in [2.24, 2.45) is 7.05 Å². The summed E-state index contributed by atoms with van der Waals surface area (Å²) in [5.41, 5.74) is 2.14. The first-order chi connectivity index (χ1) is 14.5. The van der Waals surface area contributed by atoms with Crippen LogP contribution in [0.1, 0.15) is 21.6 Å². The van der Waals surface area contributed by atoms with Crippen LogP contribution in [0.3, 0.4) is 0 Å². The van der Waals surface area contributed by atoms with Gasteiger partial charge < -0.3 is 10.1 Å². The van der Waals surface area contributed by atoms with Gasteiger partial charge in [-0.05, 0) is 35.4 Å². The number of carbonyl (C=O) groups is 1. The van der Waals surface area contributed by atoms with Crippen LogP contribution in [-0.2, 0) is 24.9 Å². The standard InChI is InChI=1S/C22H23ClN4O3/c1-26-19-7-4-16(14-27-8-10-30-11-9-27)12-18(19)21(28)20(25-26)22(29)24-13-15-2-5-17(23)6-3-15/h2-7,12H,8-11,13-14H2,1H3,(H,24,29). The monoisotopic (exact) mass is 426 g/mol. The number of morpholine rings is 1. The van der Waals surface area contributed by atoms with Gasteiger partial charge in [-0.15, -0.1) is 0 Å². The van der Waals surface area contributed by atoms with E-state index in [0.717, 1.165) is 44.0 Å². The largest absolute Gasteiger partial charge is 0.379 e. The van der Waals surface area contributed by atoms with Crippen molar-refractivity contribution in [3.05, 3.63) is 74.5 Å². The van der Waals surface area contributed by atoms with E-state index in [1.807, 2.05) is 30.3 Å². The fourth-order valence-corrected chi connectivity index (χ4v) is 3.68. The highest BCUT2D eigenvalue weighted by Crippen LogP contribution is 2.15. The third kappa shape index (κ3) is 4.53. The summed E-state index contributed by atoms with van der Waals surface area (Å²) < 4.78 is 6.97. The zero-order valence-electron chi connectivity index (χ0n) is 16.7. The number of halogens is 1. The molecule has 0 spiro atoms. The van der Waals surface area contributed by atoms with Gasteiger partial charge in [0.2, 0.25) is 5.43 Å². The summed E-state index contributed by atoms with van der Waals surface area (Å²) in [6.07, 6.45) is 0. The number of rotatable bonds is 5. The second kappa shape index (κ2) is 8.95. The molecule has 1 fully saturated rings. The molecule has 1 aromatic heterocycles. The second-order valence-electron chi connectivity index (χ2n) is 7.35. The van der Waals surface area contributed by atoms with Crippen LogP contribution in [0.25, 0.3) is 10.9 Å². The molecule has 4 rings (SSSR count). The molecular formula is C22H23ClN4O3. The Morgan fingerprint density at radius 1 is 1.13 bits per heavy atom. The topological polar surface area (TPSA) is 76.5 Å². The summed E-state index contributed by atoms with van der Waals surface area (Å²) in [5.74, 6) is -0.494. The third-order valence-corrected chi connectivity index (χ3v) is 5.46. The number of nitrogens with one attached hydrogen (secondary N) is 1. The van der Waals surface area contributed by atoms with Crippen molar-refractivity contribution >= 4 is 28.4 Å². The molecule has 0 atom stereocenters. The number of fused-ring (bicyclic) bond motifs is 1. The summed E-state index contributed by atoms with van der Waals surface area (Å²) in [6.45, 7) is 4.20. The summed E-state index contributed by atoms with van der Waals surface area (Å²) in [7, 11) is 1.74. The molecule has 1 aliphatic heterocycles. The minimum atomic E-state index is -0.494. The highest BCUT2D eigenvalue weighted by atomic mass is 35.5. The molecule has 0 aliphatic carbocycles. The quantitative estimate of drug-likeness (QED) is 0.677. The zero-order valence-corrected chi connectivity index (χ0v) is 17.5. The molecule has 1 amide bonds. The Balaban J connectivity index is 1.58. The van der Waals surface area contributed by atoms with E-state index in [2.05, 4.69) is 15.3 Å². The lowest BCUT2D eigenvalue weighted by Gasteiger charge is -2.26. The molecule has 8 heteroatoms. The van der Waals surface area contributed by atoms with Gasteiger partial charge in [0.25, 0.3) is 5.91 Å². The Labute approximate surface area is 179 Å². The van der Waals surface area contributed by atoms with E-state index in [1.165, 1.54) is 0 Å². The molecule has 156 valence electrons. The number of amides is 1. The SMILES string of the molecule is Cn1nc(C(=O)NCc2ccc(Cl)cc2)c(=O)c2cc(CN3CCOCC3)ccc21. The van der Waals surface area contributed by atoms with Crippen LogP contribution in [0, 0.1) is 0 Å². The molecule has 1 aliphatic rings. The molecule has 7 nitrogen and oxygen atoms in total. The van der Waals surface area contributed by atoms with Crippen molar-refractivity contribution in [3.8, 4) is 0 Å². The van der Waals surface area contributed by atoms with Gasteiger partial charge >= 0.3 is 0 Å². The van der Waals surface area contributed by atoms with Gasteiger partial charge in [0, 0.05) is 38.2 Å². The molecular weight excluding hydrogens is 404 g/mol. The number of aromatic nitrogens is 2. The Kier molecular flexibility index (Phi) is 6.13. The Morgan fingerprint density at radius 2 is 1.83 bits per heavy atom. The average Bonchev–Trinajstić information content (AvgIpc) is 2.76. The van der Waals surface area contributed by atoms with Crippen molar-refractivity contribution in [2.45, 2.75) is 13.1 Å². The number of nitrogens with zero attached hydrogens (tertiary/aromatic N) is 3. The molecule has 0 radical (unpaired) electrons. The van der Waals surface area contributed by atoms with Crippen molar-refractivity contribution in [1.29, 1.82) is 0 Å². The minimum Gasteiger partial charge on any atom is -0.379 e. The predicted molar refractivity (Wildman–Crippen MR) is 116 cm³/mol. The molecule has 1 N–H and O–H groups in total. The van der Waals surface area contributed by atoms with E-state index in [4.69, 9.17) is 16.3 Å². The van der Waals surface area contributed by atoms with Crippen molar-refractivity contribution in [1.82, 2.24) is 20.0 Å². The second-order valence-corrected chi connectivity index (χ2v) is 7.79. The van der Waals surface area contributed by atoms with Crippen LogP contribution in [0.5, 0.6) is 0 Å². The Morgan fingerprint density at radius 3 is 2.57 bits per heavy atom. The lowest BCUT2D eigenvalue weighted by Crippen LogP contribution is -2.35. The fourth-order valence-electron chi connectivity index (χ4n) is 3.56. The van der Waals surface area contributed by atoms with E-state index in [1.54, 1.807) is 23.9 Å². The van der Waals surface area contributed by atoms with Gasteiger partial charge in [0.15, 0.2) is 5.69 Å². The number of aryl methyl sites for hydroxylation is 1. The normalized spacial score (nSPS) is 14.7. The molecule has 1 saturated heterocycles. The summed E-state index contributed by atoms with van der Waals surface area (Å²) in [6, 6.07) is 12.9. The average molecular weight is 427 g/mol. The van der Waals surface area contributed by atoms with Crippen molar-refractivity contribution in [2.75, 3.05) is 26.3 Å². The maximum atomic E-state index is 13.0. The van der Waals surface area contributed by atoms with Crippen LogP contribution in [-0.4, -0.2) is 46.9 Å². The van der Waals surface area contributed by atoms with Crippen LogP contribution < -0.4 is 10.7 Å². The van der Waals surface area contributed by atoms with Crippen molar-refractivity contribution in [3.63, 3.8) is 0 Å². The maximum Gasteiger partial charge on any atom is 0.276 e. The molecule has 3 aromatic rings. The van der Waals surface area contributed by atoms with Crippen LogP contribution in [0.2, 0.25) is 5.02 Å². The fraction of sp³-hybridized carbons (Fsp3) is 0.318.